The summed E-state index contributed by atoms with van der Waals surface area (Å²) in [7, 11) is 1.88. The van der Waals surface area contributed by atoms with Gasteiger partial charge in [-0.25, -0.2) is 13.8 Å². The number of fused-ring (bicyclic) bond motifs is 1. The van der Waals surface area contributed by atoms with Crippen molar-refractivity contribution in [3.05, 3.63) is 113 Å². The highest BCUT2D eigenvalue weighted by Crippen LogP contribution is 2.39. The molecule has 6 rings (SSSR count). The zero-order valence-electron chi connectivity index (χ0n) is 22.9. The number of carbonyl (C=O) groups excluding carboxylic acids is 1. The van der Waals surface area contributed by atoms with Gasteiger partial charge in [-0.05, 0) is 55.5 Å². The van der Waals surface area contributed by atoms with Gasteiger partial charge in [-0.3, -0.25) is 19.1 Å². The van der Waals surface area contributed by atoms with E-state index in [4.69, 9.17) is 9.47 Å². The molecule has 43 heavy (non-hydrogen) atoms. The van der Waals surface area contributed by atoms with E-state index < -0.39 is 23.1 Å². The number of aryl methyl sites for hydroxylation is 1. The Hall–Kier alpha value is -5.36. The molecule has 0 aliphatic carbocycles. The van der Waals surface area contributed by atoms with Gasteiger partial charge in [0.15, 0.2) is 11.6 Å². The smallest absolute Gasteiger partial charge is 0.271 e. The van der Waals surface area contributed by atoms with E-state index in [1.165, 1.54) is 64.6 Å². The third-order valence-corrected chi connectivity index (χ3v) is 7.59. The Labute approximate surface area is 247 Å². The highest BCUT2D eigenvalue weighted by Gasteiger charge is 2.21. The maximum absolute atomic E-state index is 15.2. The van der Waals surface area contributed by atoms with Crippen molar-refractivity contribution in [3.63, 3.8) is 0 Å². The largest absolute Gasteiger partial charge is 0.493 e. The van der Waals surface area contributed by atoms with E-state index in [1.54, 1.807) is 25.5 Å². The Morgan fingerprint density at radius 1 is 1.00 bits per heavy atom. The normalized spacial score (nSPS) is 11.1. The quantitative estimate of drug-likeness (QED) is 0.213. The summed E-state index contributed by atoms with van der Waals surface area (Å²) < 4.78 is 43.9. The van der Waals surface area contributed by atoms with Gasteiger partial charge < -0.3 is 19.4 Å². The van der Waals surface area contributed by atoms with Crippen molar-refractivity contribution < 1.29 is 23.0 Å². The summed E-state index contributed by atoms with van der Waals surface area (Å²) in [4.78, 5) is 36.3. The molecule has 0 aliphatic rings. The van der Waals surface area contributed by atoms with E-state index in [-0.39, 0.29) is 29.4 Å². The molecule has 0 bridgehead atoms. The molecule has 216 valence electrons. The van der Waals surface area contributed by atoms with Crippen LogP contribution < -0.4 is 20.3 Å². The molecule has 0 atom stereocenters. The van der Waals surface area contributed by atoms with Crippen LogP contribution in [0.1, 0.15) is 17.3 Å². The molecule has 0 radical (unpaired) electrons. The second-order valence-electron chi connectivity index (χ2n) is 9.40. The second-order valence-corrected chi connectivity index (χ2v) is 10.5. The molecule has 12 heteroatoms. The molecule has 4 aromatic heterocycles. The summed E-state index contributed by atoms with van der Waals surface area (Å²) in [6, 6.07) is 14.2. The first-order valence-electron chi connectivity index (χ1n) is 13.1. The van der Waals surface area contributed by atoms with Crippen molar-refractivity contribution in [1.82, 2.24) is 19.1 Å². The number of carbonyl (C=O) groups is 1. The third-order valence-electron chi connectivity index (χ3n) is 6.43. The van der Waals surface area contributed by atoms with Crippen molar-refractivity contribution in [1.29, 1.82) is 0 Å². The number of ether oxygens (including phenoxy) is 2. The fraction of sp³-hybridized carbons (Fsp3) is 0.0968. The van der Waals surface area contributed by atoms with Crippen molar-refractivity contribution >= 4 is 33.1 Å². The van der Waals surface area contributed by atoms with Crippen LogP contribution in [0, 0.1) is 11.6 Å². The summed E-state index contributed by atoms with van der Waals surface area (Å²) in [6.07, 6.45) is 6.61. The minimum absolute atomic E-state index is 0.0616. The van der Waals surface area contributed by atoms with Gasteiger partial charge in [0.05, 0.1) is 33.7 Å². The molecule has 2 aromatic carbocycles. The monoisotopic (exact) mass is 599 g/mol. The third kappa shape index (κ3) is 5.60. The van der Waals surface area contributed by atoms with E-state index in [9.17, 15) is 14.0 Å². The summed E-state index contributed by atoms with van der Waals surface area (Å²) in [5, 5.41) is 2.57. The first-order chi connectivity index (χ1) is 20.8. The molecular formula is C31H23F2N5O4S. The first kappa shape index (κ1) is 27.8. The summed E-state index contributed by atoms with van der Waals surface area (Å²) in [6.45, 7) is 1.92. The zero-order chi connectivity index (χ0) is 30.1. The number of thiophene rings is 1. The lowest BCUT2D eigenvalue weighted by Crippen LogP contribution is -2.29. The number of hydrogen-bond acceptors (Lipinski definition) is 7. The second kappa shape index (κ2) is 11.5. The van der Waals surface area contributed by atoms with Crippen LogP contribution >= 0.6 is 11.3 Å². The van der Waals surface area contributed by atoms with Crippen LogP contribution in [-0.4, -0.2) is 31.6 Å². The van der Waals surface area contributed by atoms with E-state index in [0.29, 0.717) is 17.0 Å². The van der Waals surface area contributed by atoms with Gasteiger partial charge in [0.2, 0.25) is 0 Å². The predicted molar refractivity (Wildman–Crippen MR) is 159 cm³/mol. The summed E-state index contributed by atoms with van der Waals surface area (Å²) in [5.74, 6) is -1.58. The Balaban J connectivity index is 1.26. The summed E-state index contributed by atoms with van der Waals surface area (Å²) >= 11 is 1.43. The maximum Gasteiger partial charge on any atom is 0.271 e. The van der Waals surface area contributed by atoms with E-state index in [0.717, 1.165) is 21.3 Å². The number of nitrogens with zero attached hydrogens (tertiary/aromatic N) is 4. The fourth-order valence-corrected chi connectivity index (χ4v) is 5.47. The first-order valence-corrected chi connectivity index (χ1v) is 13.9. The molecule has 0 saturated heterocycles. The molecule has 0 spiro atoms. The van der Waals surface area contributed by atoms with Crippen LogP contribution in [0.25, 0.3) is 26.5 Å². The number of aromatic nitrogens is 4. The highest BCUT2D eigenvalue weighted by atomic mass is 32.1. The molecule has 1 amide bonds. The van der Waals surface area contributed by atoms with Crippen LogP contribution in [0.15, 0.2) is 90.4 Å². The van der Waals surface area contributed by atoms with Gasteiger partial charge >= 0.3 is 0 Å². The standard InChI is InChI=1S/C31H23F2N5O4S/c1-3-41-25-11-13-38(20-7-4-18(32)5-8-20)31(40)28(25)30(39)36-19-6-9-24(21(33)14-19)42-26-10-12-34-22-15-27(43-29(22)26)23-16-37(2)17-35-23/h4-17H,3H2,1-2H3,(H,36,39). The summed E-state index contributed by atoms with van der Waals surface area (Å²) in [5.41, 5.74) is 0.972. The van der Waals surface area contributed by atoms with Gasteiger partial charge in [0.1, 0.15) is 22.9 Å². The topological polar surface area (TPSA) is 100 Å². The molecule has 6 aromatic rings. The zero-order valence-corrected chi connectivity index (χ0v) is 23.7. The molecule has 4 heterocycles. The van der Waals surface area contributed by atoms with Crippen LogP contribution in [0.4, 0.5) is 14.5 Å². The lowest BCUT2D eigenvalue weighted by atomic mass is 10.2. The lowest BCUT2D eigenvalue weighted by molar-refractivity contribution is 0.102. The van der Waals surface area contributed by atoms with Crippen LogP contribution in [-0.2, 0) is 7.05 Å². The molecule has 0 aliphatic heterocycles. The van der Waals surface area contributed by atoms with E-state index in [2.05, 4.69) is 15.3 Å². The molecule has 0 saturated carbocycles. The Morgan fingerprint density at radius 2 is 1.81 bits per heavy atom. The number of pyridine rings is 2. The number of nitrogens with one attached hydrogen (secondary N) is 1. The van der Waals surface area contributed by atoms with Crippen molar-refractivity contribution in [3.8, 4) is 33.5 Å². The average Bonchev–Trinajstić information content (AvgIpc) is 3.62. The van der Waals surface area contributed by atoms with Crippen molar-refractivity contribution in [2.24, 2.45) is 7.05 Å². The number of imidazole rings is 1. The van der Waals surface area contributed by atoms with Gasteiger partial charge in [0, 0.05) is 49.1 Å². The Kier molecular flexibility index (Phi) is 7.43. The van der Waals surface area contributed by atoms with Gasteiger partial charge in [0.25, 0.3) is 11.5 Å². The highest BCUT2D eigenvalue weighted by molar-refractivity contribution is 7.22. The number of amides is 1. The van der Waals surface area contributed by atoms with Crippen LogP contribution in [0.5, 0.6) is 17.2 Å². The van der Waals surface area contributed by atoms with E-state index >= 15 is 4.39 Å². The minimum atomic E-state index is -0.797. The molecular weight excluding hydrogens is 576 g/mol. The van der Waals surface area contributed by atoms with Gasteiger partial charge in [-0.2, -0.15) is 0 Å². The average molecular weight is 600 g/mol. The number of hydrogen-bond donors (Lipinski definition) is 1. The number of halogens is 2. The Bertz CT molecular complexity index is 2030. The van der Waals surface area contributed by atoms with Crippen LogP contribution in [0.3, 0.4) is 0 Å². The lowest BCUT2D eigenvalue weighted by Gasteiger charge is -2.14. The SMILES string of the molecule is CCOc1ccn(-c2ccc(F)cc2)c(=O)c1C(=O)Nc1ccc(Oc2ccnc3cc(-c4cn(C)cn4)sc23)c(F)c1. The maximum atomic E-state index is 15.2. The Morgan fingerprint density at radius 3 is 2.53 bits per heavy atom. The minimum Gasteiger partial charge on any atom is -0.493 e. The number of benzene rings is 2. The predicted octanol–water partition coefficient (Wildman–Crippen LogP) is 6.57. The molecule has 0 unspecified atom stereocenters. The molecule has 0 fully saturated rings. The number of rotatable bonds is 8. The van der Waals surface area contributed by atoms with Gasteiger partial charge in [-0.15, -0.1) is 11.3 Å². The van der Waals surface area contributed by atoms with Crippen molar-refractivity contribution in [2.45, 2.75) is 6.92 Å². The van der Waals surface area contributed by atoms with Crippen LogP contribution in [0.2, 0.25) is 0 Å². The fourth-order valence-electron chi connectivity index (χ4n) is 4.44. The van der Waals surface area contributed by atoms with E-state index in [1.807, 2.05) is 23.9 Å². The molecule has 1 N–H and O–H groups in total. The molecule has 9 nitrogen and oxygen atoms in total. The number of anilines is 1. The van der Waals surface area contributed by atoms with Crippen molar-refractivity contribution in [2.75, 3.05) is 11.9 Å². The van der Waals surface area contributed by atoms with Gasteiger partial charge in [-0.1, -0.05) is 0 Å².